The van der Waals surface area contributed by atoms with Crippen LogP contribution in [0.15, 0.2) is 41.5 Å². The van der Waals surface area contributed by atoms with Gasteiger partial charge in [0.05, 0.1) is 5.69 Å². The Labute approximate surface area is 94.4 Å². The highest BCUT2D eigenvalue weighted by molar-refractivity contribution is 6.21. The van der Waals surface area contributed by atoms with Crippen LogP contribution >= 0.6 is 0 Å². The first kappa shape index (κ1) is 9.16. The van der Waals surface area contributed by atoms with E-state index in [0.29, 0.717) is 0 Å². The number of nitrogens with zero attached hydrogens (tertiary/aromatic N) is 1. The normalized spacial score (nSPS) is 15.7. The van der Waals surface area contributed by atoms with E-state index in [-0.39, 0.29) is 0 Å². The number of aryl methyl sites for hydroxylation is 1. The molecule has 0 saturated heterocycles. The van der Waals surface area contributed by atoms with Crippen molar-refractivity contribution in [1.82, 2.24) is 4.98 Å². The van der Waals surface area contributed by atoms with Gasteiger partial charge in [-0.3, -0.25) is 4.99 Å². The van der Waals surface area contributed by atoms with Crippen LogP contribution in [0.25, 0.3) is 11.6 Å². The van der Waals surface area contributed by atoms with Crippen LogP contribution in [0.2, 0.25) is 0 Å². The van der Waals surface area contributed by atoms with Gasteiger partial charge in [0.2, 0.25) is 0 Å². The van der Waals surface area contributed by atoms with Crippen molar-refractivity contribution in [3.05, 3.63) is 53.3 Å². The summed E-state index contributed by atoms with van der Waals surface area (Å²) in [7, 11) is 0. The van der Waals surface area contributed by atoms with Gasteiger partial charge in [-0.1, -0.05) is 12.1 Å². The van der Waals surface area contributed by atoms with E-state index in [4.69, 9.17) is 0 Å². The lowest BCUT2D eigenvalue weighted by Gasteiger charge is -2.03. The van der Waals surface area contributed by atoms with Gasteiger partial charge in [-0.25, -0.2) is 0 Å². The highest BCUT2D eigenvalue weighted by atomic mass is 14.8. The summed E-state index contributed by atoms with van der Waals surface area (Å²) in [6.45, 7) is 2.12. The summed E-state index contributed by atoms with van der Waals surface area (Å²) in [5, 5.41) is 0. The summed E-state index contributed by atoms with van der Waals surface area (Å²) >= 11 is 0. The summed E-state index contributed by atoms with van der Waals surface area (Å²) in [6.07, 6.45) is 5.98. The number of hydrogen-bond donors (Lipinski definition) is 1. The zero-order chi connectivity index (χ0) is 11.0. The number of H-pyrrole nitrogens is 1. The maximum Gasteiger partial charge on any atom is 0.0711 e. The Morgan fingerprint density at radius 1 is 1.19 bits per heavy atom. The smallest absolute Gasteiger partial charge is 0.0711 e. The molecule has 3 rings (SSSR count). The average molecular weight is 208 g/mol. The minimum Gasteiger partial charge on any atom is -0.362 e. The molecule has 1 aliphatic heterocycles. The number of aliphatic imine (C=N–C) groups is 1. The van der Waals surface area contributed by atoms with Gasteiger partial charge in [-0.2, -0.15) is 0 Å². The average Bonchev–Trinajstić information content (AvgIpc) is 2.90. The molecule has 0 saturated carbocycles. The third kappa shape index (κ3) is 1.39. The van der Waals surface area contributed by atoms with Crippen molar-refractivity contribution < 1.29 is 0 Å². The molecule has 1 N–H and O–H groups in total. The molecule has 0 bridgehead atoms. The molecule has 2 aromatic rings. The molecule has 1 aromatic carbocycles. The highest BCUT2D eigenvalue weighted by Crippen LogP contribution is 2.34. The fourth-order valence-corrected chi connectivity index (χ4v) is 2.05. The Morgan fingerprint density at radius 3 is 2.94 bits per heavy atom. The fraction of sp³-hybridized carbons (Fsp3) is 0.0714. The highest BCUT2D eigenvalue weighted by Gasteiger charge is 2.13. The van der Waals surface area contributed by atoms with Crippen molar-refractivity contribution in [1.29, 1.82) is 0 Å². The second kappa shape index (κ2) is 3.49. The summed E-state index contributed by atoms with van der Waals surface area (Å²) in [6, 6.07) is 10.3. The molecule has 1 aliphatic rings. The van der Waals surface area contributed by atoms with E-state index in [1.807, 2.05) is 30.6 Å². The Hall–Kier alpha value is -2.09. The quantitative estimate of drug-likeness (QED) is 0.742. The third-order valence-corrected chi connectivity index (χ3v) is 2.82. The lowest BCUT2D eigenvalue weighted by atomic mass is 10.0. The molecular weight excluding hydrogens is 196 g/mol. The van der Waals surface area contributed by atoms with Crippen molar-refractivity contribution in [3.8, 4) is 0 Å². The second-order valence-electron chi connectivity index (χ2n) is 3.95. The number of nitrogens with one attached hydrogen (secondary N) is 1. The van der Waals surface area contributed by atoms with Gasteiger partial charge in [0.1, 0.15) is 0 Å². The van der Waals surface area contributed by atoms with Crippen LogP contribution in [-0.2, 0) is 0 Å². The molecule has 0 aliphatic carbocycles. The molecule has 0 amide bonds. The number of aromatic nitrogens is 1. The van der Waals surface area contributed by atoms with E-state index < -0.39 is 0 Å². The molecule has 2 heteroatoms. The molecule has 1 aromatic heterocycles. The fourth-order valence-electron chi connectivity index (χ4n) is 2.05. The molecule has 0 unspecified atom stereocenters. The summed E-state index contributed by atoms with van der Waals surface area (Å²) < 4.78 is 0. The summed E-state index contributed by atoms with van der Waals surface area (Å²) in [5.74, 6) is 0. The maximum atomic E-state index is 4.41. The first-order chi connectivity index (χ1) is 7.84. The standard InChI is InChI=1S/C14H12N2/c1-10-4-2-6-13-14(10)11(9-16-13)8-12-5-3-7-15-12/h2-9,15H,1H3. The number of fused-ring (bicyclic) bond motifs is 1. The predicted octanol–water partition coefficient (Wildman–Crippen LogP) is 3.58. The van der Waals surface area contributed by atoms with E-state index in [0.717, 1.165) is 11.4 Å². The van der Waals surface area contributed by atoms with Crippen molar-refractivity contribution >= 4 is 23.6 Å². The molecular formula is C14H12N2. The van der Waals surface area contributed by atoms with Crippen molar-refractivity contribution in [2.75, 3.05) is 0 Å². The summed E-state index contributed by atoms with van der Waals surface area (Å²) in [5.41, 5.74) is 5.87. The lowest BCUT2D eigenvalue weighted by Crippen LogP contribution is -1.85. The molecule has 0 atom stereocenters. The van der Waals surface area contributed by atoms with Gasteiger partial charge in [-0.05, 0) is 36.8 Å². The van der Waals surface area contributed by atoms with Crippen LogP contribution in [0.5, 0.6) is 0 Å². The number of aromatic amines is 1. The summed E-state index contributed by atoms with van der Waals surface area (Å²) in [4.78, 5) is 7.59. The predicted molar refractivity (Wildman–Crippen MR) is 68.0 cm³/mol. The largest absolute Gasteiger partial charge is 0.362 e. The van der Waals surface area contributed by atoms with Gasteiger partial charge >= 0.3 is 0 Å². The van der Waals surface area contributed by atoms with Gasteiger partial charge in [0.25, 0.3) is 0 Å². The Morgan fingerprint density at radius 2 is 2.12 bits per heavy atom. The Kier molecular flexibility index (Phi) is 2.00. The number of hydrogen-bond acceptors (Lipinski definition) is 1. The van der Waals surface area contributed by atoms with Crippen LogP contribution in [0.3, 0.4) is 0 Å². The van der Waals surface area contributed by atoms with Crippen LogP contribution in [-0.4, -0.2) is 11.2 Å². The van der Waals surface area contributed by atoms with Crippen LogP contribution in [0.4, 0.5) is 5.69 Å². The number of benzene rings is 1. The molecule has 78 valence electrons. The second-order valence-corrected chi connectivity index (χ2v) is 3.95. The zero-order valence-corrected chi connectivity index (χ0v) is 9.07. The maximum absolute atomic E-state index is 4.41. The van der Waals surface area contributed by atoms with Crippen LogP contribution in [0, 0.1) is 6.92 Å². The molecule has 2 heterocycles. The van der Waals surface area contributed by atoms with Crippen LogP contribution in [0.1, 0.15) is 16.8 Å². The minimum absolute atomic E-state index is 1.07. The molecule has 0 fully saturated rings. The van der Waals surface area contributed by atoms with E-state index in [1.54, 1.807) is 0 Å². The lowest BCUT2D eigenvalue weighted by molar-refractivity contribution is 1.38. The van der Waals surface area contributed by atoms with Gasteiger partial charge in [0, 0.05) is 29.2 Å². The Bertz CT molecular complexity index is 575. The van der Waals surface area contributed by atoms with E-state index in [1.165, 1.54) is 16.7 Å². The topological polar surface area (TPSA) is 28.1 Å². The third-order valence-electron chi connectivity index (χ3n) is 2.82. The molecule has 2 nitrogen and oxygen atoms in total. The molecule has 16 heavy (non-hydrogen) atoms. The van der Waals surface area contributed by atoms with E-state index in [2.05, 4.69) is 35.1 Å². The van der Waals surface area contributed by atoms with Gasteiger partial charge in [0.15, 0.2) is 0 Å². The number of allylic oxidation sites excluding steroid dienone is 1. The number of rotatable bonds is 1. The Balaban J connectivity index is 2.13. The van der Waals surface area contributed by atoms with Crippen molar-refractivity contribution in [2.24, 2.45) is 4.99 Å². The molecule has 0 radical (unpaired) electrons. The monoisotopic (exact) mass is 208 g/mol. The SMILES string of the molecule is Cc1cccc2c1C(=Cc1ccc[nH]1)C=N2. The minimum atomic E-state index is 1.07. The van der Waals surface area contributed by atoms with Crippen molar-refractivity contribution in [3.63, 3.8) is 0 Å². The zero-order valence-electron chi connectivity index (χ0n) is 9.07. The van der Waals surface area contributed by atoms with Gasteiger partial charge in [-0.15, -0.1) is 0 Å². The van der Waals surface area contributed by atoms with Crippen LogP contribution < -0.4 is 0 Å². The first-order valence-electron chi connectivity index (χ1n) is 5.34. The van der Waals surface area contributed by atoms with Crippen molar-refractivity contribution in [2.45, 2.75) is 6.92 Å². The first-order valence-corrected chi connectivity index (χ1v) is 5.34. The van der Waals surface area contributed by atoms with E-state index in [9.17, 15) is 0 Å². The molecule has 0 spiro atoms. The van der Waals surface area contributed by atoms with Gasteiger partial charge < -0.3 is 4.98 Å². The van der Waals surface area contributed by atoms with E-state index >= 15 is 0 Å².